The molecule has 1 aromatic carbocycles. The Morgan fingerprint density at radius 1 is 1.22 bits per heavy atom. The zero-order valence-electron chi connectivity index (χ0n) is 10.0. The second-order valence-corrected chi connectivity index (χ2v) is 3.90. The summed E-state index contributed by atoms with van der Waals surface area (Å²) < 4.78 is 5.47. The maximum Gasteiger partial charge on any atom is 0.339 e. The first-order chi connectivity index (χ1) is 8.56. The van der Waals surface area contributed by atoms with Crippen molar-refractivity contribution in [2.45, 2.75) is 13.8 Å². The third kappa shape index (κ3) is 2.63. The third-order valence-corrected chi connectivity index (χ3v) is 2.36. The van der Waals surface area contributed by atoms with Crippen molar-refractivity contribution in [3.05, 3.63) is 47.4 Å². The Labute approximate surface area is 104 Å². The van der Waals surface area contributed by atoms with Gasteiger partial charge < -0.3 is 9.84 Å². The van der Waals surface area contributed by atoms with E-state index in [2.05, 4.69) is 9.97 Å². The van der Waals surface area contributed by atoms with Gasteiger partial charge >= 0.3 is 5.97 Å². The predicted octanol–water partition coefficient (Wildman–Crippen LogP) is 2.58. The molecule has 0 saturated heterocycles. The number of ether oxygens (including phenoxy) is 1. The highest BCUT2D eigenvalue weighted by Gasteiger charge is 2.12. The van der Waals surface area contributed by atoms with E-state index < -0.39 is 5.97 Å². The molecular formula is C13H12N2O3. The van der Waals surface area contributed by atoms with Gasteiger partial charge in [0.1, 0.15) is 17.6 Å². The van der Waals surface area contributed by atoms with Gasteiger partial charge in [0, 0.05) is 11.8 Å². The lowest BCUT2D eigenvalue weighted by Crippen LogP contribution is -2.01. The van der Waals surface area contributed by atoms with Crippen LogP contribution >= 0.6 is 0 Å². The summed E-state index contributed by atoms with van der Waals surface area (Å²) in [4.78, 5) is 19.0. The Kier molecular flexibility index (Phi) is 3.23. The topological polar surface area (TPSA) is 72.3 Å². The molecule has 1 N–H and O–H groups in total. The number of aryl methyl sites for hydroxylation is 2. The van der Waals surface area contributed by atoms with Crippen LogP contribution in [-0.2, 0) is 0 Å². The first-order valence-corrected chi connectivity index (χ1v) is 5.36. The molecular weight excluding hydrogens is 232 g/mol. The molecule has 2 aromatic rings. The minimum Gasteiger partial charge on any atom is -0.478 e. The molecule has 0 atom stereocenters. The molecule has 0 radical (unpaired) electrons. The molecule has 0 bridgehead atoms. The van der Waals surface area contributed by atoms with Crippen LogP contribution in [0, 0.1) is 13.8 Å². The van der Waals surface area contributed by atoms with Crippen LogP contribution in [0.1, 0.15) is 21.6 Å². The Balaban J connectivity index is 2.37. The third-order valence-electron chi connectivity index (χ3n) is 2.36. The summed E-state index contributed by atoms with van der Waals surface area (Å²) in [5, 5.41) is 9.11. The van der Waals surface area contributed by atoms with Crippen molar-refractivity contribution >= 4 is 5.97 Å². The van der Waals surface area contributed by atoms with Gasteiger partial charge in [0.25, 0.3) is 0 Å². The summed E-state index contributed by atoms with van der Waals surface area (Å²) in [7, 11) is 0. The number of carbonyl (C=O) groups is 1. The van der Waals surface area contributed by atoms with E-state index in [0.717, 1.165) is 11.3 Å². The Morgan fingerprint density at radius 2 is 2.00 bits per heavy atom. The lowest BCUT2D eigenvalue weighted by atomic mass is 10.1. The summed E-state index contributed by atoms with van der Waals surface area (Å²) >= 11 is 0. The highest BCUT2D eigenvalue weighted by molar-refractivity contribution is 5.91. The van der Waals surface area contributed by atoms with Crippen LogP contribution in [0.3, 0.4) is 0 Å². The fraction of sp³-hybridized carbons (Fsp3) is 0.154. The van der Waals surface area contributed by atoms with Gasteiger partial charge in [0.05, 0.1) is 0 Å². The standard InChI is InChI=1S/C13H12N2O3/c1-8-3-4-11(10(5-8)13(16)17)18-12-6-9(2)14-7-15-12/h3-7H,1-2H3,(H,16,17). The van der Waals surface area contributed by atoms with Crippen LogP contribution in [0.25, 0.3) is 0 Å². The van der Waals surface area contributed by atoms with E-state index in [-0.39, 0.29) is 11.3 Å². The van der Waals surface area contributed by atoms with E-state index in [9.17, 15) is 4.79 Å². The summed E-state index contributed by atoms with van der Waals surface area (Å²) in [6, 6.07) is 6.61. The average molecular weight is 244 g/mol. The van der Waals surface area contributed by atoms with Gasteiger partial charge in [-0.25, -0.2) is 14.8 Å². The molecule has 2 rings (SSSR count). The summed E-state index contributed by atoms with van der Waals surface area (Å²) in [6.07, 6.45) is 1.37. The van der Waals surface area contributed by atoms with Crippen molar-refractivity contribution in [3.8, 4) is 11.6 Å². The highest BCUT2D eigenvalue weighted by atomic mass is 16.5. The molecule has 1 heterocycles. The van der Waals surface area contributed by atoms with Gasteiger partial charge in [-0.2, -0.15) is 0 Å². The molecule has 0 unspecified atom stereocenters. The second kappa shape index (κ2) is 4.83. The van der Waals surface area contributed by atoms with E-state index in [1.807, 2.05) is 13.8 Å². The highest BCUT2D eigenvalue weighted by Crippen LogP contribution is 2.25. The van der Waals surface area contributed by atoms with Gasteiger partial charge in [0.2, 0.25) is 5.88 Å². The normalized spacial score (nSPS) is 10.1. The van der Waals surface area contributed by atoms with Crippen molar-refractivity contribution in [2.75, 3.05) is 0 Å². The molecule has 18 heavy (non-hydrogen) atoms. The number of benzene rings is 1. The maximum atomic E-state index is 11.1. The van der Waals surface area contributed by atoms with Gasteiger partial charge in [-0.05, 0) is 26.0 Å². The molecule has 5 nitrogen and oxygen atoms in total. The summed E-state index contributed by atoms with van der Waals surface area (Å²) in [5.41, 5.74) is 1.73. The van der Waals surface area contributed by atoms with E-state index in [0.29, 0.717) is 5.88 Å². The van der Waals surface area contributed by atoms with E-state index in [4.69, 9.17) is 9.84 Å². The molecule has 0 amide bonds. The molecule has 0 spiro atoms. The molecule has 0 fully saturated rings. The zero-order valence-corrected chi connectivity index (χ0v) is 10.0. The quantitative estimate of drug-likeness (QED) is 0.898. The molecule has 0 aliphatic rings. The monoisotopic (exact) mass is 244 g/mol. The summed E-state index contributed by atoms with van der Waals surface area (Å²) in [6.45, 7) is 3.63. The summed E-state index contributed by atoms with van der Waals surface area (Å²) in [5.74, 6) is -0.431. The molecule has 0 aliphatic carbocycles. The molecule has 1 aromatic heterocycles. The van der Waals surface area contributed by atoms with E-state index >= 15 is 0 Å². The van der Waals surface area contributed by atoms with Gasteiger partial charge in [-0.15, -0.1) is 0 Å². The number of carboxylic acid groups (broad SMARTS) is 1. The minimum absolute atomic E-state index is 0.117. The van der Waals surface area contributed by atoms with Crippen molar-refractivity contribution in [1.82, 2.24) is 9.97 Å². The average Bonchev–Trinajstić information content (AvgIpc) is 2.31. The number of aromatic carboxylic acids is 1. The number of hydrogen-bond acceptors (Lipinski definition) is 4. The first-order valence-electron chi connectivity index (χ1n) is 5.36. The minimum atomic E-state index is -1.03. The van der Waals surface area contributed by atoms with Crippen molar-refractivity contribution < 1.29 is 14.6 Å². The number of hydrogen-bond donors (Lipinski definition) is 1. The van der Waals surface area contributed by atoms with E-state index in [1.165, 1.54) is 6.33 Å². The molecule has 5 heteroatoms. The van der Waals surface area contributed by atoms with E-state index in [1.54, 1.807) is 24.3 Å². The van der Waals surface area contributed by atoms with Crippen LogP contribution in [0.2, 0.25) is 0 Å². The van der Waals surface area contributed by atoms with Gasteiger partial charge in [-0.3, -0.25) is 0 Å². The smallest absolute Gasteiger partial charge is 0.339 e. The van der Waals surface area contributed by atoms with Crippen LogP contribution in [0.15, 0.2) is 30.6 Å². The van der Waals surface area contributed by atoms with Crippen molar-refractivity contribution in [1.29, 1.82) is 0 Å². The lowest BCUT2D eigenvalue weighted by Gasteiger charge is -2.08. The Hall–Kier alpha value is -2.43. The van der Waals surface area contributed by atoms with Crippen LogP contribution in [-0.4, -0.2) is 21.0 Å². The van der Waals surface area contributed by atoms with Crippen LogP contribution < -0.4 is 4.74 Å². The van der Waals surface area contributed by atoms with Crippen molar-refractivity contribution in [2.24, 2.45) is 0 Å². The van der Waals surface area contributed by atoms with Crippen molar-refractivity contribution in [3.63, 3.8) is 0 Å². The number of nitrogens with zero attached hydrogens (tertiary/aromatic N) is 2. The predicted molar refractivity (Wildman–Crippen MR) is 65.0 cm³/mol. The maximum absolute atomic E-state index is 11.1. The number of aromatic nitrogens is 2. The zero-order chi connectivity index (χ0) is 13.1. The SMILES string of the molecule is Cc1ccc(Oc2cc(C)ncn2)c(C(=O)O)c1. The van der Waals surface area contributed by atoms with Gasteiger partial charge in [-0.1, -0.05) is 11.6 Å². The first kappa shape index (κ1) is 12.0. The molecule has 92 valence electrons. The fourth-order valence-electron chi connectivity index (χ4n) is 1.50. The van der Waals surface area contributed by atoms with Gasteiger partial charge in [0.15, 0.2) is 0 Å². The van der Waals surface area contributed by atoms with Crippen LogP contribution in [0.4, 0.5) is 0 Å². The Bertz CT molecular complexity index is 597. The lowest BCUT2D eigenvalue weighted by molar-refractivity contribution is 0.0694. The number of carboxylic acids is 1. The second-order valence-electron chi connectivity index (χ2n) is 3.90. The fourth-order valence-corrected chi connectivity index (χ4v) is 1.50. The molecule has 0 aliphatic heterocycles. The Morgan fingerprint density at radius 3 is 2.67 bits per heavy atom. The van der Waals surface area contributed by atoms with Crippen LogP contribution in [0.5, 0.6) is 11.6 Å². The largest absolute Gasteiger partial charge is 0.478 e. The number of rotatable bonds is 3. The molecule has 0 saturated carbocycles.